The Morgan fingerprint density at radius 1 is 1.08 bits per heavy atom. The Morgan fingerprint density at radius 2 is 1.90 bits per heavy atom. The zero-order valence-electron chi connectivity index (χ0n) is 23.2. The Morgan fingerprint density at radius 3 is 2.67 bits per heavy atom. The number of benzene rings is 2. The molecule has 2 aromatic carbocycles. The van der Waals surface area contributed by atoms with Crippen molar-refractivity contribution in [1.82, 2.24) is 30.1 Å². The van der Waals surface area contributed by atoms with Gasteiger partial charge in [0.2, 0.25) is 6.79 Å². The molecular weight excluding hydrogens is 496 g/mol. The van der Waals surface area contributed by atoms with E-state index in [1.54, 1.807) is 0 Å². The van der Waals surface area contributed by atoms with Crippen LogP contribution in [0.5, 0.6) is 17.2 Å². The van der Waals surface area contributed by atoms with Crippen LogP contribution in [0.1, 0.15) is 70.5 Å². The van der Waals surface area contributed by atoms with Gasteiger partial charge in [0.1, 0.15) is 5.75 Å². The Labute approximate surface area is 227 Å². The van der Waals surface area contributed by atoms with Gasteiger partial charge in [-0.3, -0.25) is 9.69 Å². The molecule has 0 saturated carbocycles. The van der Waals surface area contributed by atoms with E-state index in [1.165, 1.54) is 0 Å². The van der Waals surface area contributed by atoms with Gasteiger partial charge in [0.15, 0.2) is 17.3 Å². The highest BCUT2D eigenvalue weighted by molar-refractivity contribution is 5.80. The zero-order chi connectivity index (χ0) is 27.6. The molecule has 1 atom stereocenters. The number of pyridine rings is 1. The molecule has 4 aromatic rings. The number of ether oxygens (including phenoxy) is 3. The molecule has 0 radical (unpaired) electrons. The minimum Gasteiger partial charge on any atom is -0.494 e. The van der Waals surface area contributed by atoms with E-state index in [0.29, 0.717) is 25.3 Å². The van der Waals surface area contributed by atoms with Crippen LogP contribution in [0.2, 0.25) is 0 Å². The molecule has 10 nitrogen and oxygen atoms in total. The number of tetrazole rings is 1. The van der Waals surface area contributed by atoms with Crippen LogP contribution in [-0.2, 0) is 18.6 Å². The minimum absolute atomic E-state index is 0.120. The second-order valence-electron chi connectivity index (χ2n) is 10.4. The van der Waals surface area contributed by atoms with Gasteiger partial charge in [-0.2, -0.15) is 0 Å². The molecule has 2 aromatic heterocycles. The summed E-state index contributed by atoms with van der Waals surface area (Å²) in [6, 6.07) is 13.5. The van der Waals surface area contributed by atoms with Crippen molar-refractivity contribution in [3.8, 4) is 17.2 Å². The van der Waals surface area contributed by atoms with Crippen molar-refractivity contribution >= 4 is 10.9 Å². The molecule has 39 heavy (non-hydrogen) atoms. The molecule has 10 heteroatoms. The van der Waals surface area contributed by atoms with Gasteiger partial charge >= 0.3 is 0 Å². The Kier molecular flexibility index (Phi) is 7.56. The van der Waals surface area contributed by atoms with E-state index in [2.05, 4.69) is 53.1 Å². The van der Waals surface area contributed by atoms with Crippen molar-refractivity contribution < 1.29 is 14.2 Å². The van der Waals surface area contributed by atoms with Gasteiger partial charge in [0, 0.05) is 29.6 Å². The van der Waals surface area contributed by atoms with Crippen LogP contribution in [0.4, 0.5) is 0 Å². The number of hydrogen-bond acceptors (Lipinski definition) is 8. The maximum absolute atomic E-state index is 13.3. The lowest BCUT2D eigenvalue weighted by atomic mass is 10.0. The van der Waals surface area contributed by atoms with Crippen molar-refractivity contribution in [2.24, 2.45) is 0 Å². The number of hydrogen-bond donors (Lipinski definition) is 1. The normalized spacial score (nSPS) is 13.8. The lowest BCUT2D eigenvalue weighted by Gasteiger charge is -2.33. The Hall–Kier alpha value is -3.92. The highest BCUT2D eigenvalue weighted by atomic mass is 16.7. The lowest BCUT2D eigenvalue weighted by Crippen LogP contribution is -2.36. The molecule has 1 aliphatic heterocycles. The third kappa shape index (κ3) is 5.47. The van der Waals surface area contributed by atoms with Gasteiger partial charge in [0.05, 0.1) is 18.2 Å². The standard InChI is InChI=1S/C29H36N6O4/c1-6-24(27-31-32-33-35(27)29(4,5)7-2)34(16-19-9-12-25-26(13-19)39-18-38-25)17-21-14-20-15-22(37-8-3)10-11-23(20)30-28(21)36/h9-15,24H,6-8,16-18H2,1-5H3,(H,30,36)/t24-/m1/s1. The molecule has 0 aliphatic carbocycles. The minimum atomic E-state index is -0.257. The average molecular weight is 533 g/mol. The van der Waals surface area contributed by atoms with Gasteiger partial charge < -0.3 is 19.2 Å². The highest BCUT2D eigenvalue weighted by Crippen LogP contribution is 2.35. The van der Waals surface area contributed by atoms with Crippen LogP contribution in [0.3, 0.4) is 0 Å². The Bertz CT molecular complexity index is 1510. The molecule has 0 unspecified atom stereocenters. The van der Waals surface area contributed by atoms with E-state index < -0.39 is 0 Å². The van der Waals surface area contributed by atoms with Crippen LogP contribution >= 0.6 is 0 Å². The maximum atomic E-state index is 13.3. The van der Waals surface area contributed by atoms with Crippen LogP contribution in [0.25, 0.3) is 10.9 Å². The van der Waals surface area contributed by atoms with Crippen molar-refractivity contribution in [3.05, 3.63) is 69.8 Å². The van der Waals surface area contributed by atoms with Gasteiger partial charge in [-0.1, -0.05) is 19.9 Å². The van der Waals surface area contributed by atoms with Crippen molar-refractivity contribution in [3.63, 3.8) is 0 Å². The summed E-state index contributed by atoms with van der Waals surface area (Å²) in [5.41, 5.74) is 2.10. The van der Waals surface area contributed by atoms with E-state index >= 15 is 0 Å². The number of H-pyrrole nitrogens is 1. The first-order valence-electron chi connectivity index (χ1n) is 13.5. The van der Waals surface area contributed by atoms with Gasteiger partial charge in [0.25, 0.3) is 5.56 Å². The SMILES string of the molecule is CCOc1ccc2[nH]c(=O)c(CN(Cc3ccc4c(c3)OCO4)[C@H](CC)c3nnnn3C(C)(C)CC)cc2c1. The highest BCUT2D eigenvalue weighted by Gasteiger charge is 2.31. The van der Waals surface area contributed by atoms with Crippen molar-refractivity contribution in [1.29, 1.82) is 0 Å². The second-order valence-corrected chi connectivity index (χ2v) is 10.4. The summed E-state index contributed by atoms with van der Waals surface area (Å²) in [6.07, 6.45) is 1.63. The fourth-order valence-electron chi connectivity index (χ4n) is 4.96. The van der Waals surface area contributed by atoms with Gasteiger partial charge in [-0.25, -0.2) is 4.68 Å². The first kappa shape index (κ1) is 26.7. The quantitative estimate of drug-likeness (QED) is 0.289. The Balaban J connectivity index is 1.55. The van der Waals surface area contributed by atoms with Crippen molar-refractivity contribution in [2.75, 3.05) is 13.4 Å². The number of fused-ring (bicyclic) bond motifs is 2. The number of nitrogens with one attached hydrogen (secondary N) is 1. The van der Waals surface area contributed by atoms with E-state index in [-0.39, 0.29) is 23.9 Å². The number of nitrogens with zero attached hydrogens (tertiary/aromatic N) is 5. The number of aromatic nitrogens is 5. The van der Waals surface area contributed by atoms with E-state index in [0.717, 1.165) is 52.4 Å². The topological polar surface area (TPSA) is 107 Å². The lowest BCUT2D eigenvalue weighted by molar-refractivity contribution is 0.150. The molecular formula is C29H36N6O4. The average Bonchev–Trinajstić information content (AvgIpc) is 3.60. The van der Waals surface area contributed by atoms with Gasteiger partial charge in [-0.15, -0.1) is 5.10 Å². The number of rotatable bonds is 11. The van der Waals surface area contributed by atoms with E-state index in [4.69, 9.17) is 14.2 Å². The molecule has 3 heterocycles. The van der Waals surface area contributed by atoms with Gasteiger partial charge in [-0.05, 0) is 86.0 Å². The first-order chi connectivity index (χ1) is 18.8. The molecule has 1 aliphatic rings. The predicted molar refractivity (Wildman–Crippen MR) is 148 cm³/mol. The third-order valence-corrected chi connectivity index (χ3v) is 7.46. The smallest absolute Gasteiger partial charge is 0.252 e. The summed E-state index contributed by atoms with van der Waals surface area (Å²) in [6.45, 7) is 12.2. The molecule has 0 saturated heterocycles. The van der Waals surface area contributed by atoms with Crippen molar-refractivity contribution in [2.45, 2.75) is 72.1 Å². The van der Waals surface area contributed by atoms with E-state index in [9.17, 15) is 4.79 Å². The predicted octanol–water partition coefficient (Wildman–Crippen LogP) is 4.94. The second kappa shape index (κ2) is 11.1. The molecule has 0 spiro atoms. The summed E-state index contributed by atoms with van der Waals surface area (Å²) in [7, 11) is 0. The zero-order valence-corrected chi connectivity index (χ0v) is 23.2. The first-order valence-corrected chi connectivity index (χ1v) is 13.5. The van der Waals surface area contributed by atoms with Crippen LogP contribution in [0.15, 0.2) is 47.3 Å². The molecule has 0 bridgehead atoms. The summed E-state index contributed by atoms with van der Waals surface area (Å²) in [5.74, 6) is 3.01. The maximum Gasteiger partial charge on any atom is 0.252 e. The molecule has 0 amide bonds. The van der Waals surface area contributed by atoms with Crippen LogP contribution in [0, 0.1) is 0 Å². The third-order valence-electron chi connectivity index (χ3n) is 7.46. The fraction of sp³-hybridized carbons (Fsp3) is 0.448. The largest absolute Gasteiger partial charge is 0.494 e. The van der Waals surface area contributed by atoms with E-state index in [1.807, 2.05) is 54.1 Å². The fourth-order valence-corrected chi connectivity index (χ4v) is 4.96. The molecule has 0 fully saturated rings. The summed E-state index contributed by atoms with van der Waals surface area (Å²) < 4.78 is 18.8. The summed E-state index contributed by atoms with van der Waals surface area (Å²) >= 11 is 0. The number of aromatic amines is 1. The molecule has 5 rings (SSSR count). The summed E-state index contributed by atoms with van der Waals surface area (Å²) in [5, 5.41) is 13.8. The molecule has 206 valence electrons. The van der Waals surface area contributed by atoms with Crippen LogP contribution < -0.4 is 19.8 Å². The monoisotopic (exact) mass is 532 g/mol. The van der Waals surface area contributed by atoms with Crippen LogP contribution in [-0.4, -0.2) is 43.5 Å². The molecule has 1 N–H and O–H groups in total. The summed E-state index contributed by atoms with van der Waals surface area (Å²) in [4.78, 5) is 18.6.